The van der Waals surface area contributed by atoms with Crippen molar-refractivity contribution in [3.05, 3.63) is 23.8 Å². The molecule has 1 aliphatic heterocycles. The van der Waals surface area contributed by atoms with Crippen LogP contribution in [0.2, 0.25) is 0 Å². The maximum Gasteiger partial charge on any atom is 0.414 e. The number of rotatable bonds is 2. The van der Waals surface area contributed by atoms with Crippen LogP contribution in [0.4, 0.5) is 4.79 Å². The maximum atomic E-state index is 12.3. The molecule has 1 atom stereocenters. The molecule has 2 amide bonds. The van der Waals surface area contributed by atoms with Gasteiger partial charge in [0.25, 0.3) is 5.91 Å². The quantitative estimate of drug-likeness (QED) is 0.841. The summed E-state index contributed by atoms with van der Waals surface area (Å²) in [5, 5.41) is 9.16. The van der Waals surface area contributed by atoms with Crippen LogP contribution < -0.4 is 0 Å². The lowest BCUT2D eigenvalue weighted by molar-refractivity contribution is -0.127. The van der Waals surface area contributed by atoms with Crippen LogP contribution in [0.15, 0.2) is 18.1 Å². The summed E-state index contributed by atoms with van der Waals surface area (Å²) in [5.74, 6) is 0.517. The zero-order chi connectivity index (χ0) is 17.3. The van der Waals surface area contributed by atoms with Gasteiger partial charge < -0.3 is 9.67 Å². The van der Waals surface area contributed by atoms with Crippen molar-refractivity contribution in [2.45, 2.75) is 52.0 Å². The maximum absolute atomic E-state index is 12.3. The van der Waals surface area contributed by atoms with Gasteiger partial charge in [-0.25, -0.2) is 14.7 Å². The van der Waals surface area contributed by atoms with Crippen molar-refractivity contribution in [3.8, 4) is 0 Å². The normalized spacial score (nSPS) is 29.9. The zero-order valence-corrected chi connectivity index (χ0v) is 14.3. The van der Waals surface area contributed by atoms with Crippen LogP contribution in [0.3, 0.4) is 0 Å². The Labute approximate surface area is 142 Å². The lowest BCUT2D eigenvalue weighted by Crippen LogP contribution is -2.43. The van der Waals surface area contributed by atoms with Crippen molar-refractivity contribution in [1.82, 2.24) is 14.5 Å². The van der Waals surface area contributed by atoms with E-state index in [0.717, 1.165) is 29.4 Å². The van der Waals surface area contributed by atoms with Gasteiger partial charge in [-0.1, -0.05) is 13.8 Å². The molecule has 24 heavy (non-hydrogen) atoms. The highest BCUT2D eigenvalue weighted by Crippen LogP contribution is 2.32. The third kappa shape index (κ3) is 3.52. The molecule has 1 aliphatic carbocycles. The number of likely N-dealkylation sites (tertiary alicyclic amines) is 1. The standard InChI is InChI=1S/C18H25N3O3/c1-12-3-5-16(6-4-12)20-10-15(19-11-20)8-14-7-13(2)9-21(17(14)22)18(23)24/h8,10-13,16H,3-7,9H2,1-2H3,(H,23,24)/t12?,13-,16?/m0/s1. The lowest BCUT2D eigenvalue weighted by atomic mass is 9.87. The Bertz CT molecular complexity index is 656. The van der Waals surface area contributed by atoms with Crippen molar-refractivity contribution in [3.63, 3.8) is 0 Å². The van der Waals surface area contributed by atoms with Crippen molar-refractivity contribution in [2.24, 2.45) is 11.8 Å². The molecule has 6 heteroatoms. The first-order chi connectivity index (χ1) is 11.4. The van der Waals surface area contributed by atoms with Gasteiger partial charge in [0.15, 0.2) is 0 Å². The fourth-order valence-electron chi connectivity index (χ4n) is 3.73. The predicted molar refractivity (Wildman–Crippen MR) is 90.4 cm³/mol. The number of hydrogen-bond acceptors (Lipinski definition) is 3. The Morgan fingerprint density at radius 2 is 1.96 bits per heavy atom. The number of nitrogens with zero attached hydrogens (tertiary/aromatic N) is 3. The smallest absolute Gasteiger partial charge is 0.414 e. The first-order valence-electron chi connectivity index (χ1n) is 8.73. The van der Waals surface area contributed by atoms with E-state index in [1.165, 1.54) is 12.8 Å². The molecular weight excluding hydrogens is 306 g/mol. The van der Waals surface area contributed by atoms with E-state index in [4.69, 9.17) is 5.11 Å². The van der Waals surface area contributed by atoms with Gasteiger partial charge in [-0.15, -0.1) is 0 Å². The second kappa shape index (κ2) is 6.79. The number of imide groups is 1. The minimum absolute atomic E-state index is 0.131. The van der Waals surface area contributed by atoms with Gasteiger partial charge in [-0.2, -0.15) is 0 Å². The monoisotopic (exact) mass is 331 g/mol. The molecule has 1 saturated heterocycles. The van der Waals surface area contributed by atoms with Crippen LogP contribution in [0.1, 0.15) is 57.7 Å². The molecule has 1 saturated carbocycles. The Kier molecular flexibility index (Phi) is 4.73. The molecule has 1 N–H and O–H groups in total. The number of piperidine rings is 1. The largest absolute Gasteiger partial charge is 0.465 e. The number of aromatic nitrogens is 2. The summed E-state index contributed by atoms with van der Waals surface area (Å²) in [6.07, 6.45) is 9.77. The third-order valence-corrected chi connectivity index (χ3v) is 5.16. The fraction of sp³-hybridized carbons (Fsp3) is 0.611. The van der Waals surface area contributed by atoms with Crippen LogP contribution in [-0.4, -0.2) is 38.1 Å². The lowest BCUT2D eigenvalue weighted by Gasteiger charge is -2.28. The topological polar surface area (TPSA) is 75.4 Å². The first-order valence-corrected chi connectivity index (χ1v) is 8.73. The summed E-state index contributed by atoms with van der Waals surface area (Å²) in [5.41, 5.74) is 1.26. The third-order valence-electron chi connectivity index (χ3n) is 5.16. The van der Waals surface area contributed by atoms with Crippen molar-refractivity contribution in [2.75, 3.05) is 6.54 Å². The first kappa shape index (κ1) is 16.7. The Morgan fingerprint density at radius 3 is 2.62 bits per heavy atom. The highest BCUT2D eigenvalue weighted by molar-refractivity contribution is 6.05. The molecule has 2 aliphatic rings. The van der Waals surface area contributed by atoms with E-state index in [2.05, 4.69) is 16.5 Å². The second-order valence-corrected chi connectivity index (χ2v) is 7.34. The number of amides is 2. The van der Waals surface area contributed by atoms with Gasteiger partial charge in [0.05, 0.1) is 12.0 Å². The zero-order valence-electron chi connectivity index (χ0n) is 14.3. The average Bonchev–Trinajstić information content (AvgIpc) is 2.99. The van der Waals surface area contributed by atoms with Crippen molar-refractivity contribution >= 4 is 18.1 Å². The second-order valence-electron chi connectivity index (χ2n) is 7.34. The van der Waals surface area contributed by atoms with Crippen LogP contribution in [0.25, 0.3) is 6.08 Å². The van der Waals surface area contributed by atoms with E-state index < -0.39 is 12.0 Å². The summed E-state index contributed by atoms with van der Waals surface area (Å²) in [6, 6.07) is 0.484. The van der Waals surface area contributed by atoms with E-state index in [1.54, 1.807) is 6.08 Å². The number of imidazole rings is 1. The van der Waals surface area contributed by atoms with Gasteiger partial charge >= 0.3 is 6.09 Å². The molecule has 6 nitrogen and oxygen atoms in total. The molecule has 0 radical (unpaired) electrons. The SMILES string of the molecule is CC1CCC(n2cnc(C=C3C[C@H](C)CN(C(=O)O)C3=O)c2)CC1. The summed E-state index contributed by atoms with van der Waals surface area (Å²) in [6.45, 7) is 4.52. The Morgan fingerprint density at radius 1 is 1.25 bits per heavy atom. The highest BCUT2D eigenvalue weighted by atomic mass is 16.4. The molecule has 0 aromatic carbocycles. The van der Waals surface area contributed by atoms with Crippen molar-refractivity contribution < 1.29 is 14.7 Å². The van der Waals surface area contributed by atoms with Crippen LogP contribution in [0.5, 0.6) is 0 Å². The predicted octanol–water partition coefficient (Wildman–Crippen LogP) is 3.56. The molecule has 0 spiro atoms. The van der Waals surface area contributed by atoms with Gasteiger partial charge in [0, 0.05) is 24.4 Å². The van der Waals surface area contributed by atoms with E-state index >= 15 is 0 Å². The molecule has 3 rings (SSSR count). The van der Waals surface area contributed by atoms with E-state index in [0.29, 0.717) is 18.0 Å². The van der Waals surface area contributed by atoms with Gasteiger partial charge in [0.2, 0.25) is 0 Å². The number of carbonyl (C=O) groups is 2. The molecule has 130 valence electrons. The van der Waals surface area contributed by atoms with E-state index in [-0.39, 0.29) is 12.5 Å². The molecule has 1 aromatic rings. The molecule has 0 unspecified atom stereocenters. The molecule has 2 heterocycles. The van der Waals surface area contributed by atoms with E-state index in [1.807, 2.05) is 19.4 Å². The number of carboxylic acid groups (broad SMARTS) is 1. The molecule has 0 bridgehead atoms. The number of hydrogen-bond donors (Lipinski definition) is 1. The average molecular weight is 331 g/mol. The molecular formula is C18H25N3O3. The van der Waals surface area contributed by atoms with Gasteiger partial charge in [-0.05, 0) is 50.0 Å². The fourth-order valence-corrected chi connectivity index (χ4v) is 3.73. The number of carbonyl (C=O) groups excluding carboxylic acids is 1. The van der Waals surface area contributed by atoms with Crippen LogP contribution in [-0.2, 0) is 4.79 Å². The van der Waals surface area contributed by atoms with Gasteiger partial charge in [0.1, 0.15) is 0 Å². The molecule has 1 aromatic heterocycles. The van der Waals surface area contributed by atoms with E-state index in [9.17, 15) is 9.59 Å². The minimum Gasteiger partial charge on any atom is -0.465 e. The Hall–Kier alpha value is -2.11. The Balaban J connectivity index is 1.76. The summed E-state index contributed by atoms with van der Waals surface area (Å²) in [4.78, 5) is 28.8. The van der Waals surface area contributed by atoms with Crippen LogP contribution in [0, 0.1) is 11.8 Å². The summed E-state index contributed by atoms with van der Waals surface area (Å²) >= 11 is 0. The van der Waals surface area contributed by atoms with Crippen LogP contribution >= 0.6 is 0 Å². The van der Waals surface area contributed by atoms with Crippen molar-refractivity contribution in [1.29, 1.82) is 0 Å². The van der Waals surface area contributed by atoms with Gasteiger partial charge in [-0.3, -0.25) is 4.79 Å². The molecule has 2 fully saturated rings. The summed E-state index contributed by atoms with van der Waals surface area (Å²) < 4.78 is 2.14. The summed E-state index contributed by atoms with van der Waals surface area (Å²) in [7, 11) is 0. The highest BCUT2D eigenvalue weighted by Gasteiger charge is 2.31. The minimum atomic E-state index is -1.18.